The third kappa shape index (κ3) is 3.51. The van der Waals surface area contributed by atoms with E-state index in [1.54, 1.807) is 24.3 Å². The van der Waals surface area contributed by atoms with Gasteiger partial charge in [0.15, 0.2) is 0 Å². The van der Waals surface area contributed by atoms with Crippen molar-refractivity contribution in [1.82, 2.24) is 14.9 Å². The van der Waals surface area contributed by atoms with Crippen LogP contribution < -0.4 is 5.32 Å². The molecule has 0 spiro atoms. The predicted molar refractivity (Wildman–Crippen MR) is 108 cm³/mol. The molecule has 4 rings (SSSR count). The Hall–Kier alpha value is -3.47. The molecule has 0 unspecified atom stereocenters. The number of hydrogen-bond acceptors (Lipinski definition) is 2. The molecule has 0 fully saturated rings. The number of imidazole rings is 1. The summed E-state index contributed by atoms with van der Waals surface area (Å²) in [6.45, 7) is 2.23. The highest BCUT2D eigenvalue weighted by atomic mass is 19.1. The third-order valence-electron chi connectivity index (χ3n) is 4.74. The van der Waals surface area contributed by atoms with Crippen molar-refractivity contribution in [2.45, 2.75) is 19.5 Å². The third-order valence-corrected chi connectivity index (χ3v) is 4.74. The maximum atomic E-state index is 14.2. The fraction of sp³-hybridized carbons (Fsp3) is 0.130. The van der Waals surface area contributed by atoms with Gasteiger partial charge in [-0.2, -0.15) is 0 Å². The highest BCUT2D eigenvalue weighted by molar-refractivity contribution is 5.94. The average molecular weight is 373 g/mol. The van der Waals surface area contributed by atoms with Crippen molar-refractivity contribution < 1.29 is 9.18 Å². The van der Waals surface area contributed by atoms with E-state index >= 15 is 0 Å². The first kappa shape index (κ1) is 17.9. The Balaban J connectivity index is 1.70. The lowest BCUT2D eigenvalue weighted by Crippen LogP contribution is -2.28. The number of halogens is 1. The number of carbonyl (C=O) groups is 1. The molecule has 3 aromatic carbocycles. The van der Waals surface area contributed by atoms with E-state index in [-0.39, 0.29) is 17.8 Å². The molecule has 0 aliphatic rings. The van der Waals surface area contributed by atoms with E-state index in [9.17, 15) is 9.18 Å². The number of benzene rings is 3. The topological polar surface area (TPSA) is 46.9 Å². The zero-order chi connectivity index (χ0) is 19.5. The van der Waals surface area contributed by atoms with Gasteiger partial charge in [0.1, 0.15) is 11.6 Å². The largest absolute Gasteiger partial charge is 0.342 e. The van der Waals surface area contributed by atoms with E-state index in [1.165, 1.54) is 6.07 Å². The van der Waals surface area contributed by atoms with E-state index in [0.717, 1.165) is 11.0 Å². The summed E-state index contributed by atoms with van der Waals surface area (Å²) in [5.74, 6) is 0.263. The summed E-state index contributed by atoms with van der Waals surface area (Å²) < 4.78 is 16.2. The Bertz CT molecular complexity index is 1120. The molecule has 0 aliphatic carbocycles. The van der Waals surface area contributed by atoms with Gasteiger partial charge < -0.3 is 9.88 Å². The summed E-state index contributed by atoms with van der Waals surface area (Å²) in [6, 6.07) is 23.1. The molecular formula is C23H20FN3O. The Kier molecular flexibility index (Phi) is 4.89. The Morgan fingerprint density at radius 2 is 1.68 bits per heavy atom. The van der Waals surface area contributed by atoms with Crippen LogP contribution in [0.3, 0.4) is 0 Å². The minimum Gasteiger partial charge on any atom is -0.342 e. The number of carbonyl (C=O) groups excluding carboxylic acids is 1. The summed E-state index contributed by atoms with van der Waals surface area (Å²) >= 11 is 0. The molecule has 140 valence electrons. The second-order valence-corrected chi connectivity index (χ2v) is 6.70. The molecule has 0 saturated heterocycles. The van der Waals surface area contributed by atoms with Gasteiger partial charge in [0, 0.05) is 11.1 Å². The van der Waals surface area contributed by atoms with Crippen LogP contribution in [0.25, 0.3) is 11.0 Å². The molecule has 0 bridgehead atoms. The number of nitrogens with zero attached hydrogens (tertiary/aromatic N) is 2. The van der Waals surface area contributed by atoms with Crippen LogP contribution in [-0.4, -0.2) is 15.5 Å². The van der Waals surface area contributed by atoms with Crippen molar-refractivity contribution in [1.29, 1.82) is 0 Å². The average Bonchev–Trinajstić information content (AvgIpc) is 3.09. The van der Waals surface area contributed by atoms with Crippen LogP contribution in [0.1, 0.15) is 34.7 Å². The van der Waals surface area contributed by atoms with E-state index in [1.807, 2.05) is 60.0 Å². The molecule has 28 heavy (non-hydrogen) atoms. The first-order valence-electron chi connectivity index (χ1n) is 9.18. The lowest BCUT2D eigenvalue weighted by molar-refractivity contribution is 0.0937. The second kappa shape index (κ2) is 7.64. The molecule has 1 N–H and O–H groups in total. The summed E-state index contributed by atoms with van der Waals surface area (Å²) in [5, 5.41) is 3.00. The molecule has 4 aromatic rings. The van der Waals surface area contributed by atoms with Gasteiger partial charge in [-0.3, -0.25) is 4.79 Å². The maximum absolute atomic E-state index is 14.2. The fourth-order valence-electron chi connectivity index (χ4n) is 3.32. The van der Waals surface area contributed by atoms with Crippen molar-refractivity contribution in [3.05, 3.63) is 102 Å². The highest BCUT2D eigenvalue weighted by Gasteiger charge is 2.19. The minimum atomic E-state index is -0.341. The lowest BCUT2D eigenvalue weighted by Gasteiger charge is -2.17. The van der Waals surface area contributed by atoms with E-state index in [0.29, 0.717) is 23.5 Å². The minimum absolute atomic E-state index is 0.169. The van der Waals surface area contributed by atoms with Gasteiger partial charge in [0.05, 0.1) is 23.6 Å². The maximum Gasteiger partial charge on any atom is 0.251 e. The molecule has 0 aliphatic heterocycles. The molecule has 1 aromatic heterocycles. The molecule has 0 radical (unpaired) electrons. The Labute approximate surface area is 162 Å². The van der Waals surface area contributed by atoms with Gasteiger partial charge in [-0.25, -0.2) is 9.37 Å². The molecule has 1 atom stereocenters. The van der Waals surface area contributed by atoms with E-state index in [2.05, 4.69) is 5.32 Å². The van der Waals surface area contributed by atoms with Gasteiger partial charge in [0.2, 0.25) is 0 Å². The number of fused-ring (bicyclic) bond motifs is 1. The lowest BCUT2D eigenvalue weighted by atomic mass is 10.2. The predicted octanol–water partition coefficient (Wildman–Crippen LogP) is 4.71. The standard InChI is InChI=1S/C23H20FN3O/c1-16(25-23(28)17-9-3-2-4-10-17)22-26-20-13-7-8-14-21(20)27(22)15-18-11-5-6-12-19(18)24/h2-14,16H,15H2,1H3,(H,25,28)/t16-/m0/s1. The van der Waals surface area contributed by atoms with Gasteiger partial charge in [0.25, 0.3) is 5.91 Å². The van der Waals surface area contributed by atoms with Crippen LogP contribution in [0.4, 0.5) is 4.39 Å². The number of amides is 1. The van der Waals surface area contributed by atoms with Crippen molar-refractivity contribution in [3.63, 3.8) is 0 Å². The Morgan fingerprint density at radius 3 is 2.46 bits per heavy atom. The normalized spacial score (nSPS) is 12.1. The second-order valence-electron chi connectivity index (χ2n) is 6.70. The van der Waals surface area contributed by atoms with Gasteiger partial charge in [-0.1, -0.05) is 48.5 Å². The monoisotopic (exact) mass is 373 g/mol. The van der Waals surface area contributed by atoms with Crippen molar-refractivity contribution in [2.75, 3.05) is 0 Å². The number of aromatic nitrogens is 2. The SMILES string of the molecule is C[C@H](NC(=O)c1ccccc1)c1nc2ccccc2n1Cc1ccccc1F. The number of rotatable bonds is 5. The number of hydrogen-bond donors (Lipinski definition) is 1. The van der Waals surface area contributed by atoms with Gasteiger partial charge in [-0.05, 0) is 37.3 Å². The summed E-state index contributed by atoms with van der Waals surface area (Å²) in [6.07, 6.45) is 0. The number of nitrogens with one attached hydrogen (secondary N) is 1. The van der Waals surface area contributed by atoms with Crippen LogP contribution in [-0.2, 0) is 6.54 Å². The van der Waals surface area contributed by atoms with Crippen molar-refractivity contribution >= 4 is 16.9 Å². The van der Waals surface area contributed by atoms with Crippen LogP contribution in [0.2, 0.25) is 0 Å². The molecule has 5 heteroatoms. The van der Waals surface area contributed by atoms with Crippen LogP contribution in [0, 0.1) is 5.82 Å². The quantitative estimate of drug-likeness (QED) is 0.550. The Morgan fingerprint density at radius 1 is 1.00 bits per heavy atom. The van der Waals surface area contributed by atoms with Gasteiger partial charge in [-0.15, -0.1) is 0 Å². The van der Waals surface area contributed by atoms with Crippen LogP contribution in [0.15, 0.2) is 78.9 Å². The molecular weight excluding hydrogens is 353 g/mol. The van der Waals surface area contributed by atoms with Crippen molar-refractivity contribution in [3.8, 4) is 0 Å². The molecule has 4 nitrogen and oxygen atoms in total. The summed E-state index contributed by atoms with van der Waals surface area (Å²) in [4.78, 5) is 17.3. The van der Waals surface area contributed by atoms with Gasteiger partial charge >= 0.3 is 0 Å². The van der Waals surface area contributed by atoms with E-state index < -0.39 is 0 Å². The molecule has 1 heterocycles. The van der Waals surface area contributed by atoms with Crippen molar-refractivity contribution in [2.24, 2.45) is 0 Å². The molecule has 0 saturated carbocycles. The number of para-hydroxylation sites is 2. The molecule has 1 amide bonds. The van der Waals surface area contributed by atoms with Crippen LogP contribution >= 0.6 is 0 Å². The first-order valence-corrected chi connectivity index (χ1v) is 9.18. The summed E-state index contributed by atoms with van der Waals surface area (Å²) in [5.41, 5.74) is 2.89. The fourth-order valence-corrected chi connectivity index (χ4v) is 3.32. The smallest absolute Gasteiger partial charge is 0.251 e. The zero-order valence-electron chi connectivity index (χ0n) is 15.5. The van der Waals surface area contributed by atoms with E-state index in [4.69, 9.17) is 4.98 Å². The first-order chi connectivity index (χ1) is 13.6. The summed E-state index contributed by atoms with van der Waals surface area (Å²) in [7, 11) is 0. The zero-order valence-corrected chi connectivity index (χ0v) is 15.5. The highest BCUT2D eigenvalue weighted by Crippen LogP contribution is 2.23. The van der Waals surface area contributed by atoms with Crippen LogP contribution in [0.5, 0.6) is 0 Å².